The van der Waals surface area contributed by atoms with Gasteiger partial charge >= 0.3 is 6.09 Å². The molecule has 0 aromatic carbocycles. The molecular weight excluding hydrogens is 192 g/mol. The normalized spacial score (nSPS) is 9.57. The largest absolute Gasteiger partial charge is 0.450 e. The van der Waals surface area contributed by atoms with Gasteiger partial charge in [-0.25, -0.2) is 4.79 Å². The predicted molar refractivity (Wildman–Crippen MR) is 47.5 cm³/mol. The summed E-state index contributed by atoms with van der Waals surface area (Å²) in [5.41, 5.74) is 0. The smallest absolute Gasteiger partial charge is 0.411 e. The van der Waals surface area contributed by atoms with Crippen LogP contribution in [-0.2, 0) is 9.47 Å². The van der Waals surface area contributed by atoms with Crippen LogP contribution in [0.2, 0.25) is 0 Å². The molecule has 0 heterocycles. The highest BCUT2D eigenvalue weighted by atomic mass is 16.6. The van der Waals surface area contributed by atoms with Gasteiger partial charge in [0, 0.05) is 12.0 Å². The number of nitro groups is 1. The minimum Gasteiger partial charge on any atom is -0.450 e. The van der Waals surface area contributed by atoms with Gasteiger partial charge < -0.3 is 9.47 Å². The predicted octanol–water partition coefficient (Wildman–Crippen LogP) is 0.325. The zero-order chi connectivity index (χ0) is 11.0. The number of amides is 1. The molecule has 0 aromatic heterocycles. The molecule has 82 valence electrons. The molecule has 7 heteroatoms. The van der Waals surface area contributed by atoms with E-state index in [0.717, 1.165) is 4.90 Å². The summed E-state index contributed by atoms with van der Waals surface area (Å²) < 4.78 is 9.38. The lowest BCUT2D eigenvalue weighted by molar-refractivity contribution is -0.480. The number of methoxy groups -OCH3 is 1. The molecule has 1 amide bonds. The van der Waals surface area contributed by atoms with Gasteiger partial charge in [0.25, 0.3) is 0 Å². The van der Waals surface area contributed by atoms with Crippen molar-refractivity contribution in [3.8, 4) is 0 Å². The van der Waals surface area contributed by atoms with Crippen LogP contribution >= 0.6 is 0 Å². The molecule has 0 aliphatic carbocycles. The fourth-order valence-electron chi connectivity index (χ4n) is 0.782. The van der Waals surface area contributed by atoms with Crippen LogP contribution in [0.5, 0.6) is 0 Å². The van der Waals surface area contributed by atoms with Gasteiger partial charge in [0.15, 0.2) is 0 Å². The number of rotatable bonds is 6. The van der Waals surface area contributed by atoms with Gasteiger partial charge in [0.1, 0.15) is 6.73 Å². The highest BCUT2D eigenvalue weighted by Gasteiger charge is 2.15. The molecule has 14 heavy (non-hydrogen) atoms. The maximum atomic E-state index is 11.1. The second-order valence-electron chi connectivity index (χ2n) is 2.44. The van der Waals surface area contributed by atoms with Gasteiger partial charge in [-0.05, 0) is 6.92 Å². The molecule has 0 aliphatic heterocycles. The quantitative estimate of drug-likeness (QED) is 0.355. The Morgan fingerprint density at radius 1 is 1.57 bits per heavy atom. The summed E-state index contributed by atoms with van der Waals surface area (Å²) in [6.07, 6.45) is -0.601. The lowest BCUT2D eigenvalue weighted by Gasteiger charge is -2.18. The van der Waals surface area contributed by atoms with Crippen LogP contribution in [0.4, 0.5) is 4.79 Å². The van der Waals surface area contributed by atoms with Crippen molar-refractivity contribution >= 4 is 6.09 Å². The van der Waals surface area contributed by atoms with Gasteiger partial charge in [-0.15, -0.1) is 0 Å². The minimum atomic E-state index is -0.601. The minimum absolute atomic E-state index is 0.00727. The third kappa shape index (κ3) is 5.31. The Morgan fingerprint density at radius 2 is 2.21 bits per heavy atom. The molecule has 0 spiro atoms. The second kappa shape index (κ2) is 7.07. The van der Waals surface area contributed by atoms with E-state index in [1.165, 1.54) is 7.11 Å². The van der Waals surface area contributed by atoms with Gasteiger partial charge in [-0.2, -0.15) is 0 Å². The Hall–Kier alpha value is -1.37. The molecule has 0 rings (SSSR count). The fraction of sp³-hybridized carbons (Fsp3) is 0.857. The monoisotopic (exact) mass is 206 g/mol. The number of nitrogens with zero attached hydrogens (tertiary/aromatic N) is 2. The SMILES string of the molecule is CCOC(=O)N(CC[N+](=O)[O-])COC. The van der Waals surface area contributed by atoms with Crippen LogP contribution in [0.15, 0.2) is 0 Å². The summed E-state index contributed by atoms with van der Waals surface area (Å²) >= 11 is 0. The van der Waals surface area contributed by atoms with Crippen LogP contribution in [-0.4, -0.2) is 49.5 Å². The van der Waals surface area contributed by atoms with E-state index >= 15 is 0 Å². The van der Waals surface area contributed by atoms with Crippen LogP contribution in [0.3, 0.4) is 0 Å². The zero-order valence-electron chi connectivity index (χ0n) is 8.26. The summed E-state index contributed by atoms with van der Waals surface area (Å²) in [6.45, 7) is 1.56. The van der Waals surface area contributed by atoms with Crippen molar-refractivity contribution in [1.29, 1.82) is 0 Å². The van der Waals surface area contributed by atoms with E-state index in [4.69, 9.17) is 4.74 Å². The lowest BCUT2D eigenvalue weighted by atomic mass is 10.6. The molecule has 7 nitrogen and oxygen atoms in total. The third-order valence-electron chi connectivity index (χ3n) is 1.36. The summed E-state index contributed by atoms with van der Waals surface area (Å²) in [5, 5.41) is 10.1. The van der Waals surface area contributed by atoms with Gasteiger partial charge in [0.05, 0.1) is 13.2 Å². The van der Waals surface area contributed by atoms with Crippen LogP contribution in [0.25, 0.3) is 0 Å². The van der Waals surface area contributed by atoms with E-state index in [9.17, 15) is 14.9 Å². The van der Waals surface area contributed by atoms with Gasteiger partial charge in [-0.3, -0.25) is 15.0 Å². The van der Waals surface area contributed by atoms with E-state index in [0.29, 0.717) is 0 Å². The second-order valence-corrected chi connectivity index (χ2v) is 2.44. The standard InChI is InChI=1S/C7H14N2O5/c1-3-14-7(10)8(6-13-2)4-5-9(11)12/h3-6H2,1-2H3. The van der Waals surface area contributed by atoms with E-state index in [-0.39, 0.29) is 26.4 Å². The van der Waals surface area contributed by atoms with Crippen molar-refractivity contribution < 1.29 is 19.2 Å². The van der Waals surface area contributed by atoms with E-state index < -0.39 is 11.0 Å². The summed E-state index contributed by atoms with van der Waals surface area (Å²) in [7, 11) is 1.40. The Bertz CT molecular complexity index is 197. The van der Waals surface area contributed by atoms with Crippen molar-refractivity contribution in [1.82, 2.24) is 4.90 Å². The first-order valence-electron chi connectivity index (χ1n) is 4.14. The van der Waals surface area contributed by atoms with Gasteiger partial charge in [0.2, 0.25) is 6.54 Å². The van der Waals surface area contributed by atoms with E-state index in [1.807, 2.05) is 0 Å². The molecule has 0 saturated heterocycles. The van der Waals surface area contributed by atoms with Gasteiger partial charge in [-0.1, -0.05) is 0 Å². The molecule has 0 unspecified atom stereocenters. The first kappa shape index (κ1) is 12.6. The molecule has 0 fully saturated rings. The third-order valence-corrected chi connectivity index (χ3v) is 1.36. The van der Waals surface area contributed by atoms with Crippen molar-refractivity contribution in [3.05, 3.63) is 10.1 Å². The average Bonchev–Trinajstić information content (AvgIpc) is 2.12. The Morgan fingerprint density at radius 3 is 2.64 bits per heavy atom. The number of carbonyl (C=O) groups excluding carboxylic acids is 1. The number of hydrogen-bond acceptors (Lipinski definition) is 5. The molecule has 0 saturated carbocycles. The Kier molecular flexibility index (Phi) is 6.38. The van der Waals surface area contributed by atoms with Crippen molar-refractivity contribution in [2.24, 2.45) is 0 Å². The summed E-state index contributed by atoms with van der Waals surface area (Å²) in [4.78, 5) is 21.9. The molecule has 0 radical (unpaired) electrons. The molecular formula is C7H14N2O5. The molecule has 0 aliphatic rings. The molecule has 0 aromatic rings. The number of hydrogen-bond donors (Lipinski definition) is 0. The zero-order valence-corrected chi connectivity index (χ0v) is 8.26. The maximum absolute atomic E-state index is 11.1. The highest BCUT2D eigenvalue weighted by Crippen LogP contribution is 1.94. The first-order valence-corrected chi connectivity index (χ1v) is 4.14. The Labute approximate surface area is 81.7 Å². The van der Waals surface area contributed by atoms with Crippen molar-refractivity contribution in [2.45, 2.75) is 6.92 Å². The van der Waals surface area contributed by atoms with Crippen molar-refractivity contribution in [3.63, 3.8) is 0 Å². The summed E-state index contributed by atoms with van der Waals surface area (Å²) in [5.74, 6) is 0. The topological polar surface area (TPSA) is 81.9 Å². The Balaban J connectivity index is 3.99. The van der Waals surface area contributed by atoms with E-state index in [2.05, 4.69) is 4.74 Å². The molecule has 0 atom stereocenters. The van der Waals surface area contributed by atoms with Crippen LogP contribution in [0.1, 0.15) is 6.92 Å². The van der Waals surface area contributed by atoms with Crippen molar-refractivity contribution in [2.75, 3.05) is 33.5 Å². The van der Waals surface area contributed by atoms with Crippen LogP contribution in [0, 0.1) is 10.1 Å². The average molecular weight is 206 g/mol. The number of ether oxygens (including phenoxy) is 2. The highest BCUT2D eigenvalue weighted by molar-refractivity contribution is 5.67. The lowest BCUT2D eigenvalue weighted by Crippen LogP contribution is -2.36. The molecule has 0 bridgehead atoms. The summed E-state index contributed by atoms with van der Waals surface area (Å²) in [6, 6.07) is 0. The fourth-order valence-corrected chi connectivity index (χ4v) is 0.782. The molecule has 0 N–H and O–H groups in total. The van der Waals surface area contributed by atoms with E-state index in [1.54, 1.807) is 6.92 Å². The first-order chi connectivity index (χ1) is 6.61. The maximum Gasteiger partial charge on any atom is 0.411 e. The van der Waals surface area contributed by atoms with Crippen LogP contribution < -0.4 is 0 Å². The number of carbonyl (C=O) groups is 1.